The minimum absolute atomic E-state index is 0.178. The number of rotatable bonds is 7. The van der Waals surface area contributed by atoms with Gasteiger partial charge in [-0.05, 0) is 60.8 Å². The Morgan fingerprint density at radius 2 is 1.20 bits per heavy atom. The third-order valence-electron chi connectivity index (χ3n) is 6.27. The highest BCUT2D eigenvalue weighted by atomic mass is 35.5. The Hall–Kier alpha value is -4.29. The van der Waals surface area contributed by atoms with Crippen molar-refractivity contribution in [3.8, 4) is 28.0 Å². The average molecular weight is 641 g/mol. The third-order valence-corrected chi connectivity index (χ3v) is 6.73. The molecular weight excluding hydrogens is 614 g/mol. The SMILES string of the molecule is Cc1[nH]c(C)c(-c2ccc(-c3ccc(CN(C)Cc4ccc(OC(F)(F)F)cc4)cc3)cc2)c(=O)c1Cl.O=C(O)C(F)(F)F. The molecule has 0 saturated carbocycles. The monoisotopic (exact) mass is 640 g/mol. The number of aliphatic carboxylic acids is 1. The fraction of sp³-hybridized carbons (Fsp3) is 0.226. The van der Waals surface area contributed by atoms with Crippen LogP contribution in [0.2, 0.25) is 5.02 Å². The molecule has 0 unspecified atom stereocenters. The van der Waals surface area contributed by atoms with Gasteiger partial charge in [0.1, 0.15) is 10.8 Å². The third kappa shape index (κ3) is 9.61. The molecule has 13 heteroatoms. The summed E-state index contributed by atoms with van der Waals surface area (Å²) in [7, 11) is 1.95. The van der Waals surface area contributed by atoms with Crippen molar-refractivity contribution >= 4 is 17.6 Å². The summed E-state index contributed by atoms with van der Waals surface area (Å²) < 4.78 is 72.6. The molecular formula is C31H27ClF6N2O4. The van der Waals surface area contributed by atoms with E-state index in [1.165, 1.54) is 12.1 Å². The number of ether oxygens (including phenoxy) is 1. The second-order valence-electron chi connectivity index (χ2n) is 9.83. The largest absolute Gasteiger partial charge is 0.573 e. The fourth-order valence-corrected chi connectivity index (χ4v) is 4.45. The summed E-state index contributed by atoms with van der Waals surface area (Å²) in [6.07, 6.45) is -9.78. The number of nitrogens with zero attached hydrogens (tertiary/aromatic N) is 1. The maximum Gasteiger partial charge on any atom is 0.573 e. The molecule has 0 radical (unpaired) electrons. The van der Waals surface area contributed by atoms with Gasteiger partial charge in [-0.2, -0.15) is 13.2 Å². The van der Waals surface area contributed by atoms with E-state index in [2.05, 4.69) is 26.8 Å². The van der Waals surface area contributed by atoms with E-state index in [9.17, 15) is 31.1 Å². The molecule has 2 N–H and O–H groups in total. The lowest BCUT2D eigenvalue weighted by Gasteiger charge is -2.17. The van der Waals surface area contributed by atoms with Crippen LogP contribution in [0.3, 0.4) is 0 Å². The number of pyridine rings is 1. The summed E-state index contributed by atoms with van der Waals surface area (Å²) in [5, 5.41) is 7.33. The van der Waals surface area contributed by atoms with Gasteiger partial charge < -0.3 is 14.8 Å². The molecule has 234 valence electrons. The number of carbonyl (C=O) groups is 1. The predicted molar refractivity (Wildman–Crippen MR) is 154 cm³/mol. The van der Waals surface area contributed by atoms with Crippen LogP contribution in [-0.2, 0) is 17.9 Å². The molecule has 0 aliphatic carbocycles. The van der Waals surface area contributed by atoms with E-state index in [1.54, 1.807) is 19.1 Å². The van der Waals surface area contributed by atoms with E-state index >= 15 is 0 Å². The molecule has 0 saturated heterocycles. The van der Waals surface area contributed by atoms with Crippen molar-refractivity contribution in [2.24, 2.45) is 0 Å². The van der Waals surface area contributed by atoms with E-state index < -0.39 is 18.5 Å². The number of alkyl halides is 6. The van der Waals surface area contributed by atoms with Crippen LogP contribution < -0.4 is 10.2 Å². The lowest BCUT2D eigenvalue weighted by molar-refractivity contribution is -0.274. The summed E-state index contributed by atoms with van der Waals surface area (Å²) in [5.41, 5.74) is 6.70. The van der Waals surface area contributed by atoms with Crippen molar-refractivity contribution in [3.63, 3.8) is 0 Å². The quantitative estimate of drug-likeness (QED) is 0.199. The Bertz CT molecular complexity index is 1630. The first-order chi connectivity index (χ1) is 20.4. The molecule has 0 aliphatic heterocycles. The summed E-state index contributed by atoms with van der Waals surface area (Å²) in [6, 6.07) is 21.9. The Balaban J connectivity index is 0.000000676. The van der Waals surface area contributed by atoms with E-state index in [-0.39, 0.29) is 16.2 Å². The second-order valence-corrected chi connectivity index (χ2v) is 10.2. The molecule has 4 aromatic rings. The molecule has 3 aromatic carbocycles. The standard InChI is InChI=1S/C29H26ClF3N2O2.C2HF3O2/c1-18-26(28(36)27(30)19(2)34-18)24-12-10-23(11-13-24)22-8-4-20(5-9-22)16-35(3)17-21-6-14-25(15-7-21)37-29(31,32)33;3-2(4,5)1(6)7/h4-15H,16-17H2,1-3H3,(H,34,36);(H,6,7). The highest BCUT2D eigenvalue weighted by molar-refractivity contribution is 6.31. The number of aromatic amines is 1. The Morgan fingerprint density at radius 1 is 0.795 bits per heavy atom. The van der Waals surface area contributed by atoms with Crippen LogP contribution in [0.5, 0.6) is 5.75 Å². The highest BCUT2D eigenvalue weighted by Gasteiger charge is 2.38. The number of halogens is 7. The summed E-state index contributed by atoms with van der Waals surface area (Å²) in [6.45, 7) is 4.90. The van der Waals surface area contributed by atoms with Gasteiger partial charge in [0.2, 0.25) is 5.43 Å². The first kappa shape index (κ1) is 34.2. The lowest BCUT2D eigenvalue weighted by atomic mass is 9.98. The van der Waals surface area contributed by atoms with Crippen LogP contribution in [0.25, 0.3) is 22.3 Å². The Labute approximate surface area is 253 Å². The summed E-state index contributed by atoms with van der Waals surface area (Å²) >= 11 is 6.17. The van der Waals surface area contributed by atoms with Gasteiger partial charge in [-0.3, -0.25) is 9.69 Å². The predicted octanol–water partition coefficient (Wildman–Crippen LogP) is 8.14. The molecule has 0 fully saturated rings. The molecule has 1 aromatic heterocycles. The van der Waals surface area contributed by atoms with Gasteiger partial charge in [-0.15, -0.1) is 13.2 Å². The van der Waals surface area contributed by atoms with Crippen molar-refractivity contribution in [1.29, 1.82) is 0 Å². The van der Waals surface area contributed by atoms with Crippen molar-refractivity contribution in [1.82, 2.24) is 9.88 Å². The molecule has 0 amide bonds. The molecule has 0 atom stereocenters. The van der Waals surface area contributed by atoms with Crippen molar-refractivity contribution < 1.29 is 41.0 Å². The van der Waals surface area contributed by atoms with Gasteiger partial charge in [-0.1, -0.05) is 72.3 Å². The van der Waals surface area contributed by atoms with Crippen LogP contribution in [0, 0.1) is 13.8 Å². The number of aromatic nitrogens is 1. The molecule has 44 heavy (non-hydrogen) atoms. The van der Waals surface area contributed by atoms with Crippen molar-refractivity contribution in [2.45, 2.75) is 39.5 Å². The van der Waals surface area contributed by atoms with Crippen LogP contribution in [0.1, 0.15) is 22.5 Å². The average Bonchev–Trinajstić information content (AvgIpc) is 2.93. The zero-order valence-corrected chi connectivity index (χ0v) is 24.4. The maximum atomic E-state index is 12.7. The topological polar surface area (TPSA) is 82.6 Å². The van der Waals surface area contributed by atoms with E-state index in [0.717, 1.165) is 33.5 Å². The molecule has 1 heterocycles. The summed E-state index contributed by atoms with van der Waals surface area (Å²) in [4.78, 5) is 26.8. The number of hydrogen-bond acceptors (Lipinski definition) is 4. The minimum Gasteiger partial charge on any atom is -0.475 e. The number of benzene rings is 3. The molecule has 0 aliphatic rings. The zero-order valence-electron chi connectivity index (χ0n) is 23.6. The van der Waals surface area contributed by atoms with Gasteiger partial charge >= 0.3 is 18.5 Å². The van der Waals surface area contributed by atoms with Crippen LogP contribution >= 0.6 is 11.6 Å². The zero-order chi connectivity index (χ0) is 32.8. The first-order valence-electron chi connectivity index (χ1n) is 12.9. The van der Waals surface area contributed by atoms with E-state index in [1.807, 2.05) is 50.4 Å². The number of nitrogens with one attached hydrogen (secondary N) is 1. The summed E-state index contributed by atoms with van der Waals surface area (Å²) in [5.74, 6) is -2.99. The number of hydrogen-bond donors (Lipinski definition) is 2. The van der Waals surface area contributed by atoms with Gasteiger partial charge in [0.15, 0.2) is 0 Å². The van der Waals surface area contributed by atoms with Crippen LogP contribution in [-0.4, -0.2) is 40.5 Å². The molecule has 0 bridgehead atoms. The van der Waals surface area contributed by atoms with Gasteiger partial charge in [0.25, 0.3) is 0 Å². The minimum atomic E-state index is -5.08. The van der Waals surface area contributed by atoms with Crippen molar-refractivity contribution in [3.05, 3.63) is 111 Å². The highest BCUT2D eigenvalue weighted by Crippen LogP contribution is 2.27. The molecule has 4 rings (SSSR count). The van der Waals surface area contributed by atoms with Gasteiger partial charge in [0.05, 0.1) is 0 Å². The maximum absolute atomic E-state index is 12.7. The second kappa shape index (κ2) is 14.0. The van der Waals surface area contributed by atoms with E-state index in [0.29, 0.717) is 24.3 Å². The number of carboxylic acids is 1. The van der Waals surface area contributed by atoms with Gasteiger partial charge in [0, 0.05) is 30.0 Å². The fourth-order valence-electron chi connectivity index (χ4n) is 4.30. The molecule has 6 nitrogen and oxygen atoms in total. The number of aryl methyl sites for hydroxylation is 2. The molecule has 0 spiro atoms. The van der Waals surface area contributed by atoms with Gasteiger partial charge in [-0.25, -0.2) is 4.79 Å². The normalized spacial score (nSPS) is 11.6. The van der Waals surface area contributed by atoms with Crippen LogP contribution in [0.4, 0.5) is 26.3 Å². The smallest absolute Gasteiger partial charge is 0.475 e. The lowest BCUT2D eigenvalue weighted by Crippen LogP contribution is -2.21. The van der Waals surface area contributed by atoms with Crippen LogP contribution in [0.15, 0.2) is 77.6 Å². The first-order valence-corrected chi connectivity index (χ1v) is 13.2. The number of carboxylic acid groups (broad SMARTS) is 1. The Kier molecular flexibility index (Phi) is 10.9. The number of H-pyrrole nitrogens is 1. The van der Waals surface area contributed by atoms with E-state index in [4.69, 9.17) is 21.5 Å². The Morgan fingerprint density at radius 3 is 1.64 bits per heavy atom. The van der Waals surface area contributed by atoms with Crippen molar-refractivity contribution in [2.75, 3.05) is 7.05 Å².